The largest absolute Gasteiger partial charge is 0.497 e. The van der Waals surface area contributed by atoms with Crippen molar-refractivity contribution in [2.75, 3.05) is 14.2 Å². The summed E-state index contributed by atoms with van der Waals surface area (Å²) < 4.78 is 12.4. The van der Waals surface area contributed by atoms with Gasteiger partial charge in [0.25, 0.3) is 0 Å². The average molecular weight is 378 g/mol. The predicted molar refractivity (Wildman–Crippen MR) is 104 cm³/mol. The van der Waals surface area contributed by atoms with Gasteiger partial charge in [0, 0.05) is 12.1 Å². The van der Waals surface area contributed by atoms with Crippen LogP contribution < -0.4 is 9.47 Å². The molecule has 3 aromatic rings. The van der Waals surface area contributed by atoms with Crippen molar-refractivity contribution in [3.8, 4) is 22.9 Å². The third-order valence-corrected chi connectivity index (χ3v) is 5.02. The van der Waals surface area contributed by atoms with Gasteiger partial charge in [-0.3, -0.25) is 9.36 Å². The van der Waals surface area contributed by atoms with E-state index in [-0.39, 0.29) is 11.9 Å². The smallest absolute Gasteiger partial charge is 0.246 e. The summed E-state index contributed by atoms with van der Waals surface area (Å²) >= 11 is 0. The first kappa shape index (κ1) is 18.0. The van der Waals surface area contributed by atoms with E-state index in [1.165, 1.54) is 0 Å². The van der Waals surface area contributed by atoms with Crippen molar-refractivity contribution in [1.82, 2.24) is 19.7 Å². The van der Waals surface area contributed by atoms with E-state index in [0.717, 1.165) is 28.5 Å². The van der Waals surface area contributed by atoms with E-state index >= 15 is 0 Å². The van der Waals surface area contributed by atoms with Crippen LogP contribution in [0.25, 0.3) is 11.4 Å². The number of aromatic nitrogens is 3. The van der Waals surface area contributed by atoms with E-state index in [0.29, 0.717) is 18.9 Å². The first-order valence-corrected chi connectivity index (χ1v) is 9.10. The molecule has 7 nitrogen and oxygen atoms in total. The van der Waals surface area contributed by atoms with Gasteiger partial charge in [0.2, 0.25) is 5.91 Å². The van der Waals surface area contributed by atoms with Gasteiger partial charge < -0.3 is 14.4 Å². The Hall–Kier alpha value is -3.35. The van der Waals surface area contributed by atoms with Crippen molar-refractivity contribution in [1.29, 1.82) is 0 Å². The van der Waals surface area contributed by atoms with Crippen molar-refractivity contribution in [2.24, 2.45) is 0 Å². The Kier molecular flexibility index (Phi) is 4.73. The lowest BCUT2D eigenvalue weighted by atomic mass is 10.1. The zero-order valence-electron chi connectivity index (χ0n) is 16.1. The lowest BCUT2D eigenvalue weighted by molar-refractivity contribution is -0.137. The van der Waals surface area contributed by atoms with Gasteiger partial charge in [-0.05, 0) is 36.8 Å². The van der Waals surface area contributed by atoms with Gasteiger partial charge in [-0.25, -0.2) is 0 Å². The van der Waals surface area contributed by atoms with E-state index in [9.17, 15) is 4.79 Å². The minimum Gasteiger partial charge on any atom is -0.497 e. The molecule has 0 saturated carbocycles. The van der Waals surface area contributed by atoms with Crippen LogP contribution in [-0.2, 0) is 17.9 Å². The molecular weight excluding hydrogens is 356 g/mol. The number of benzene rings is 2. The zero-order chi connectivity index (χ0) is 19.7. The molecule has 7 heteroatoms. The molecule has 1 atom stereocenters. The van der Waals surface area contributed by atoms with Crippen LogP contribution >= 0.6 is 0 Å². The Morgan fingerprint density at radius 3 is 2.50 bits per heavy atom. The van der Waals surface area contributed by atoms with Crippen molar-refractivity contribution < 1.29 is 14.3 Å². The number of hydrogen-bond donors (Lipinski definition) is 0. The van der Waals surface area contributed by atoms with Gasteiger partial charge in [0.15, 0.2) is 11.6 Å². The Labute approximate surface area is 163 Å². The molecule has 1 amide bonds. The normalized spacial score (nSPS) is 16.0. The van der Waals surface area contributed by atoms with Gasteiger partial charge in [-0.2, -0.15) is 0 Å². The first-order valence-electron chi connectivity index (χ1n) is 9.10. The summed E-state index contributed by atoms with van der Waals surface area (Å²) in [5.41, 5.74) is 1.92. The highest BCUT2D eigenvalue weighted by Crippen LogP contribution is 2.30. The number of carbonyl (C=O) groups is 1. The molecule has 4 rings (SSSR count). The van der Waals surface area contributed by atoms with Crippen molar-refractivity contribution in [2.45, 2.75) is 26.1 Å². The second kappa shape index (κ2) is 7.34. The topological polar surface area (TPSA) is 69.5 Å². The molecule has 0 bridgehead atoms. The summed E-state index contributed by atoms with van der Waals surface area (Å²) in [4.78, 5) is 14.8. The van der Waals surface area contributed by atoms with Gasteiger partial charge >= 0.3 is 0 Å². The molecule has 1 aromatic heterocycles. The molecule has 0 radical (unpaired) electrons. The fraction of sp³-hybridized carbons (Fsp3) is 0.286. The quantitative estimate of drug-likeness (QED) is 0.682. The summed E-state index contributed by atoms with van der Waals surface area (Å²) in [5.74, 6) is 3.04. The number of methoxy groups -OCH3 is 2. The fourth-order valence-electron chi connectivity index (χ4n) is 3.51. The number of carbonyl (C=O) groups excluding carboxylic acids is 1. The van der Waals surface area contributed by atoms with Crippen LogP contribution in [0, 0.1) is 0 Å². The summed E-state index contributed by atoms with van der Waals surface area (Å²) in [5, 5.41) is 8.71. The van der Waals surface area contributed by atoms with Crippen LogP contribution in [0.2, 0.25) is 0 Å². The van der Waals surface area contributed by atoms with E-state index in [1.54, 1.807) is 14.2 Å². The van der Waals surface area contributed by atoms with Crippen molar-refractivity contribution >= 4 is 5.91 Å². The summed E-state index contributed by atoms with van der Waals surface area (Å²) in [6.07, 6.45) is 0. The van der Waals surface area contributed by atoms with E-state index in [1.807, 2.05) is 64.9 Å². The molecule has 0 spiro atoms. The van der Waals surface area contributed by atoms with Crippen molar-refractivity contribution in [3.63, 3.8) is 0 Å². The van der Waals surface area contributed by atoms with Gasteiger partial charge in [-0.15, -0.1) is 10.2 Å². The maximum atomic E-state index is 13.0. The lowest BCUT2D eigenvalue weighted by Gasteiger charge is -2.32. The molecule has 0 unspecified atom stereocenters. The molecule has 1 aliphatic rings. The highest BCUT2D eigenvalue weighted by atomic mass is 16.5. The second-order valence-electron chi connectivity index (χ2n) is 6.76. The fourth-order valence-corrected chi connectivity index (χ4v) is 3.51. The maximum absolute atomic E-state index is 13.0. The summed E-state index contributed by atoms with van der Waals surface area (Å²) in [6, 6.07) is 15.0. The van der Waals surface area contributed by atoms with Gasteiger partial charge in [0.1, 0.15) is 17.5 Å². The molecule has 0 aliphatic carbocycles. The first-order chi connectivity index (χ1) is 13.6. The Balaban J connectivity index is 1.61. The Bertz CT molecular complexity index is 997. The molecule has 0 N–H and O–H groups in total. The number of amides is 1. The average Bonchev–Trinajstić information content (AvgIpc) is 3.16. The van der Waals surface area contributed by atoms with Gasteiger partial charge in [-0.1, -0.05) is 24.3 Å². The molecule has 2 heterocycles. The van der Waals surface area contributed by atoms with Crippen LogP contribution in [0.3, 0.4) is 0 Å². The molecule has 0 saturated heterocycles. The third-order valence-electron chi connectivity index (χ3n) is 5.02. The SMILES string of the molecule is COc1ccc(CN2Cc3nnc(-c4cccc(OC)c4)n3[C@@H](C)C2=O)cc1. The second-order valence-corrected chi connectivity index (χ2v) is 6.76. The molecule has 144 valence electrons. The number of rotatable bonds is 5. The highest BCUT2D eigenvalue weighted by Gasteiger charge is 2.33. The predicted octanol–water partition coefficient (Wildman–Crippen LogP) is 3.07. The van der Waals surface area contributed by atoms with E-state index in [2.05, 4.69) is 10.2 Å². The van der Waals surface area contributed by atoms with E-state index in [4.69, 9.17) is 9.47 Å². The van der Waals surface area contributed by atoms with Crippen LogP contribution in [0.1, 0.15) is 24.4 Å². The molecular formula is C21H22N4O3. The number of fused-ring (bicyclic) bond motifs is 1. The number of ether oxygens (including phenoxy) is 2. The summed E-state index contributed by atoms with van der Waals surface area (Å²) in [7, 11) is 3.26. The van der Waals surface area contributed by atoms with Crippen LogP contribution in [0.5, 0.6) is 11.5 Å². The van der Waals surface area contributed by atoms with Gasteiger partial charge in [0.05, 0.1) is 20.8 Å². The van der Waals surface area contributed by atoms with Crippen LogP contribution in [0.15, 0.2) is 48.5 Å². The molecule has 28 heavy (non-hydrogen) atoms. The molecule has 2 aromatic carbocycles. The lowest BCUT2D eigenvalue weighted by Crippen LogP contribution is -2.41. The minimum atomic E-state index is -0.377. The Morgan fingerprint density at radius 2 is 1.79 bits per heavy atom. The third kappa shape index (κ3) is 3.19. The summed E-state index contributed by atoms with van der Waals surface area (Å²) in [6.45, 7) is 2.83. The van der Waals surface area contributed by atoms with Crippen LogP contribution in [0.4, 0.5) is 0 Å². The van der Waals surface area contributed by atoms with Crippen molar-refractivity contribution in [3.05, 3.63) is 59.9 Å². The molecule has 0 fully saturated rings. The zero-order valence-corrected chi connectivity index (χ0v) is 16.1. The maximum Gasteiger partial charge on any atom is 0.246 e. The highest BCUT2D eigenvalue weighted by molar-refractivity contribution is 5.82. The van der Waals surface area contributed by atoms with E-state index < -0.39 is 0 Å². The standard InChI is InChI=1S/C21H22N4O3/c1-14-21(26)24(12-15-7-9-17(27-2)10-8-15)13-19-22-23-20(25(14)19)16-5-4-6-18(11-16)28-3/h4-11,14H,12-13H2,1-3H3/t14-/m0/s1. The Morgan fingerprint density at radius 1 is 1.04 bits per heavy atom. The van der Waals surface area contributed by atoms with Crippen LogP contribution in [-0.4, -0.2) is 39.8 Å². The monoisotopic (exact) mass is 378 g/mol. The number of hydrogen-bond acceptors (Lipinski definition) is 5. The number of nitrogens with zero attached hydrogens (tertiary/aromatic N) is 4. The minimum absolute atomic E-state index is 0.0484. The molecule has 1 aliphatic heterocycles.